The molecule has 2 rings (SSSR count). The van der Waals surface area contributed by atoms with E-state index in [0.717, 1.165) is 5.56 Å². The topological polar surface area (TPSA) is 105 Å². The van der Waals surface area contributed by atoms with Gasteiger partial charge in [0.1, 0.15) is 0 Å². The van der Waals surface area contributed by atoms with Crippen molar-refractivity contribution in [2.24, 2.45) is 0 Å². The van der Waals surface area contributed by atoms with Gasteiger partial charge in [-0.15, -0.1) is 0 Å². The van der Waals surface area contributed by atoms with Gasteiger partial charge in [-0.05, 0) is 44.2 Å². The van der Waals surface area contributed by atoms with Gasteiger partial charge in [0.2, 0.25) is 0 Å². The second kappa shape index (κ2) is 9.92. The molecular formula is C20H25N3O5S. The molecule has 0 bridgehead atoms. The predicted molar refractivity (Wildman–Crippen MR) is 111 cm³/mol. The summed E-state index contributed by atoms with van der Waals surface area (Å²) in [6.45, 7) is 4.24. The first-order valence-electron chi connectivity index (χ1n) is 9.10. The Bertz CT molecular complexity index is 958. The van der Waals surface area contributed by atoms with Crippen molar-refractivity contribution >= 4 is 27.7 Å². The minimum Gasteiger partial charge on any atom is -0.450 e. The first kappa shape index (κ1) is 22.2. The Kier molecular flexibility index (Phi) is 7.60. The Morgan fingerprint density at radius 2 is 1.69 bits per heavy atom. The highest BCUT2D eigenvalue weighted by Gasteiger charge is 2.22. The molecule has 9 heteroatoms. The zero-order valence-electron chi connectivity index (χ0n) is 16.6. The van der Waals surface area contributed by atoms with Gasteiger partial charge in [0.25, 0.3) is 15.9 Å². The van der Waals surface area contributed by atoms with Crippen LogP contribution in [0.1, 0.15) is 22.8 Å². The fourth-order valence-corrected chi connectivity index (χ4v) is 3.72. The summed E-state index contributed by atoms with van der Waals surface area (Å²) in [6, 6.07) is 12.9. The molecule has 0 saturated carbocycles. The highest BCUT2D eigenvalue weighted by Crippen LogP contribution is 2.23. The molecule has 2 aromatic carbocycles. The summed E-state index contributed by atoms with van der Waals surface area (Å²) in [7, 11) is -2.36. The lowest BCUT2D eigenvalue weighted by atomic mass is 10.2. The number of nitrogens with one attached hydrogen (secondary N) is 2. The van der Waals surface area contributed by atoms with Crippen molar-refractivity contribution in [3.05, 3.63) is 59.7 Å². The summed E-state index contributed by atoms with van der Waals surface area (Å²) < 4.78 is 31.7. The van der Waals surface area contributed by atoms with Crippen LogP contribution >= 0.6 is 0 Å². The van der Waals surface area contributed by atoms with E-state index >= 15 is 0 Å². The Labute approximate surface area is 170 Å². The van der Waals surface area contributed by atoms with E-state index in [-0.39, 0.29) is 30.2 Å². The van der Waals surface area contributed by atoms with E-state index in [9.17, 15) is 18.0 Å². The molecular weight excluding hydrogens is 394 g/mol. The van der Waals surface area contributed by atoms with Crippen LogP contribution in [0.4, 0.5) is 10.5 Å². The smallest absolute Gasteiger partial charge is 0.407 e. The Morgan fingerprint density at radius 3 is 2.34 bits per heavy atom. The van der Waals surface area contributed by atoms with E-state index in [1.54, 1.807) is 19.1 Å². The number of ether oxygens (including phenoxy) is 1. The number of benzene rings is 2. The van der Waals surface area contributed by atoms with E-state index in [1.165, 1.54) is 35.6 Å². The van der Waals surface area contributed by atoms with Crippen LogP contribution in [0.15, 0.2) is 53.4 Å². The standard InChI is InChI=1S/C20H25N3O5S/c1-4-28-20(25)22-13-12-21-19(24)16-6-5-7-18(14-16)29(26,27)23(3)17-10-8-15(2)9-11-17/h5-11,14H,4,12-13H2,1-3H3,(H,21,24)(H,22,25). The van der Waals surface area contributed by atoms with E-state index in [1.807, 2.05) is 19.1 Å². The number of amides is 2. The third kappa shape index (κ3) is 5.95. The average Bonchev–Trinajstić information content (AvgIpc) is 2.71. The van der Waals surface area contributed by atoms with Crippen LogP contribution in [-0.4, -0.2) is 47.2 Å². The molecule has 0 atom stereocenters. The number of rotatable bonds is 8. The maximum absolute atomic E-state index is 12.9. The molecule has 2 amide bonds. The third-order valence-electron chi connectivity index (χ3n) is 4.11. The molecule has 0 spiro atoms. The zero-order valence-corrected chi connectivity index (χ0v) is 17.5. The van der Waals surface area contributed by atoms with Gasteiger partial charge in [0, 0.05) is 25.7 Å². The Balaban J connectivity index is 2.06. The second-order valence-electron chi connectivity index (χ2n) is 6.24. The fourth-order valence-electron chi connectivity index (χ4n) is 2.47. The van der Waals surface area contributed by atoms with Crippen LogP contribution in [0.3, 0.4) is 0 Å². The number of hydrogen-bond donors (Lipinski definition) is 2. The summed E-state index contributed by atoms with van der Waals surface area (Å²) in [5, 5.41) is 5.11. The Hall–Kier alpha value is -3.07. The second-order valence-corrected chi connectivity index (χ2v) is 8.21. The zero-order chi connectivity index (χ0) is 21.4. The summed E-state index contributed by atoms with van der Waals surface area (Å²) >= 11 is 0. The quantitative estimate of drug-likeness (QED) is 0.639. The molecule has 29 heavy (non-hydrogen) atoms. The van der Waals surface area contributed by atoms with Crippen LogP contribution in [0.25, 0.3) is 0 Å². The molecule has 2 N–H and O–H groups in total. The minimum atomic E-state index is -3.82. The van der Waals surface area contributed by atoms with Gasteiger partial charge in [-0.1, -0.05) is 23.8 Å². The number of alkyl carbamates (subject to hydrolysis) is 1. The minimum absolute atomic E-state index is 0.0119. The van der Waals surface area contributed by atoms with Crippen molar-refractivity contribution in [3.63, 3.8) is 0 Å². The molecule has 8 nitrogen and oxygen atoms in total. The van der Waals surface area contributed by atoms with Crippen molar-refractivity contribution in [1.29, 1.82) is 0 Å². The molecule has 0 saturated heterocycles. The monoisotopic (exact) mass is 419 g/mol. The molecule has 2 aromatic rings. The number of sulfonamides is 1. The first-order valence-corrected chi connectivity index (χ1v) is 10.5. The van der Waals surface area contributed by atoms with Gasteiger partial charge < -0.3 is 15.4 Å². The van der Waals surface area contributed by atoms with Crippen molar-refractivity contribution in [2.45, 2.75) is 18.7 Å². The van der Waals surface area contributed by atoms with E-state index in [4.69, 9.17) is 4.74 Å². The summed E-state index contributed by atoms with van der Waals surface area (Å²) in [6.07, 6.45) is -0.561. The number of anilines is 1. The van der Waals surface area contributed by atoms with Crippen LogP contribution in [0, 0.1) is 6.92 Å². The lowest BCUT2D eigenvalue weighted by Gasteiger charge is -2.20. The maximum Gasteiger partial charge on any atom is 0.407 e. The van der Waals surface area contributed by atoms with Crippen molar-refractivity contribution in [2.75, 3.05) is 31.0 Å². The van der Waals surface area contributed by atoms with E-state index < -0.39 is 22.0 Å². The van der Waals surface area contributed by atoms with E-state index in [0.29, 0.717) is 5.69 Å². The average molecular weight is 420 g/mol. The molecule has 0 unspecified atom stereocenters. The normalized spacial score (nSPS) is 10.9. The van der Waals surface area contributed by atoms with Crippen LogP contribution in [-0.2, 0) is 14.8 Å². The molecule has 0 radical (unpaired) electrons. The lowest BCUT2D eigenvalue weighted by Crippen LogP contribution is -2.35. The van der Waals surface area contributed by atoms with Crippen LogP contribution in [0.2, 0.25) is 0 Å². The van der Waals surface area contributed by atoms with Gasteiger partial charge >= 0.3 is 6.09 Å². The molecule has 0 aromatic heterocycles. The maximum atomic E-state index is 12.9. The van der Waals surface area contributed by atoms with Crippen LogP contribution in [0.5, 0.6) is 0 Å². The molecule has 0 fully saturated rings. The van der Waals surface area contributed by atoms with Gasteiger partial charge in [0.15, 0.2) is 0 Å². The SMILES string of the molecule is CCOC(=O)NCCNC(=O)c1cccc(S(=O)(=O)N(C)c2ccc(C)cc2)c1. The fraction of sp³-hybridized carbons (Fsp3) is 0.300. The van der Waals surface area contributed by atoms with Gasteiger partial charge in [-0.2, -0.15) is 0 Å². The van der Waals surface area contributed by atoms with Crippen LogP contribution < -0.4 is 14.9 Å². The predicted octanol–water partition coefficient (Wildman–Crippen LogP) is 2.30. The highest BCUT2D eigenvalue weighted by molar-refractivity contribution is 7.92. The molecule has 0 aliphatic rings. The van der Waals surface area contributed by atoms with Gasteiger partial charge in [-0.3, -0.25) is 9.10 Å². The summed E-state index contributed by atoms with van der Waals surface area (Å²) in [4.78, 5) is 23.5. The Morgan fingerprint density at radius 1 is 1.03 bits per heavy atom. The molecule has 0 aliphatic heterocycles. The lowest BCUT2D eigenvalue weighted by molar-refractivity contribution is 0.0952. The number of aryl methyl sites for hydroxylation is 1. The van der Waals surface area contributed by atoms with Crippen molar-refractivity contribution in [3.8, 4) is 0 Å². The molecule has 0 aliphatic carbocycles. The van der Waals surface area contributed by atoms with E-state index in [2.05, 4.69) is 10.6 Å². The van der Waals surface area contributed by atoms with Crippen molar-refractivity contribution in [1.82, 2.24) is 10.6 Å². The van der Waals surface area contributed by atoms with Gasteiger partial charge in [-0.25, -0.2) is 13.2 Å². The number of hydrogen-bond acceptors (Lipinski definition) is 5. The summed E-state index contributed by atoms with van der Waals surface area (Å²) in [5.41, 5.74) is 1.76. The number of carbonyl (C=O) groups excluding carboxylic acids is 2. The van der Waals surface area contributed by atoms with Crippen molar-refractivity contribution < 1.29 is 22.7 Å². The third-order valence-corrected chi connectivity index (χ3v) is 5.89. The first-order chi connectivity index (χ1) is 13.8. The number of carbonyl (C=O) groups is 2. The molecule has 156 valence electrons. The molecule has 0 heterocycles. The summed E-state index contributed by atoms with van der Waals surface area (Å²) in [5.74, 6) is -0.439. The largest absolute Gasteiger partial charge is 0.450 e. The van der Waals surface area contributed by atoms with Gasteiger partial charge in [0.05, 0.1) is 17.2 Å². The number of nitrogens with zero attached hydrogens (tertiary/aromatic N) is 1. The highest BCUT2D eigenvalue weighted by atomic mass is 32.2.